The second-order valence-electron chi connectivity index (χ2n) is 8.90. The highest BCUT2D eigenvalue weighted by Gasteiger charge is 2.42. The summed E-state index contributed by atoms with van der Waals surface area (Å²) in [6.07, 6.45) is 20.6. The lowest BCUT2D eigenvalue weighted by Crippen LogP contribution is -2.24. The van der Waals surface area contributed by atoms with Crippen LogP contribution in [-0.2, 0) is 0 Å². The van der Waals surface area contributed by atoms with E-state index in [-0.39, 0.29) is 6.40 Å². The highest BCUT2D eigenvalue weighted by atomic mass is 14.5. The van der Waals surface area contributed by atoms with Gasteiger partial charge in [0.25, 0.3) is 0 Å². The first-order valence-electron chi connectivity index (χ1n) is 13.1. The van der Waals surface area contributed by atoms with Crippen molar-refractivity contribution in [2.24, 2.45) is 35.5 Å². The van der Waals surface area contributed by atoms with Crippen LogP contribution in [-0.4, -0.2) is 0 Å². The third-order valence-corrected chi connectivity index (χ3v) is 7.57. The van der Waals surface area contributed by atoms with Gasteiger partial charge in [-0.3, -0.25) is 0 Å². The van der Waals surface area contributed by atoms with E-state index in [0.29, 0.717) is 0 Å². The topological polar surface area (TPSA) is 0 Å². The predicted molar refractivity (Wildman–Crippen MR) is 120 cm³/mol. The van der Waals surface area contributed by atoms with Gasteiger partial charge in [-0.2, -0.15) is 0 Å². The first-order valence-corrected chi connectivity index (χ1v) is 12.6. The van der Waals surface area contributed by atoms with Crippen molar-refractivity contribution in [2.45, 2.75) is 131 Å². The first-order chi connectivity index (χ1) is 13.1. The summed E-state index contributed by atoms with van der Waals surface area (Å²) in [4.78, 5) is 0. The molecule has 6 unspecified atom stereocenters. The average Bonchev–Trinajstić information content (AvgIpc) is 3.30. The second-order valence-corrected chi connectivity index (χ2v) is 8.90. The maximum Gasteiger partial charge on any atom is 0.0261 e. The summed E-state index contributed by atoms with van der Waals surface area (Å²) in [6, 6.07) is 0. The van der Waals surface area contributed by atoms with Gasteiger partial charge in [0.15, 0.2) is 0 Å². The third-order valence-electron chi connectivity index (χ3n) is 7.57. The molecule has 0 aliphatic heterocycles. The molecule has 4 saturated carbocycles. The highest BCUT2D eigenvalue weighted by Crippen LogP contribution is 2.53. The van der Waals surface area contributed by atoms with Crippen LogP contribution >= 0.6 is 0 Å². The fourth-order valence-electron chi connectivity index (χ4n) is 6.69. The molecule has 0 radical (unpaired) electrons. The van der Waals surface area contributed by atoms with Gasteiger partial charge in [-0.05, 0) is 80.5 Å². The Labute approximate surface area is 168 Å². The molecule has 0 aromatic heterocycles. The Bertz CT molecular complexity index is 317. The molecule has 0 bridgehead atoms. The summed E-state index contributed by atoms with van der Waals surface area (Å²) >= 11 is 0. The zero-order valence-corrected chi connectivity index (χ0v) is 19.2. The van der Waals surface area contributed by atoms with Crippen molar-refractivity contribution in [2.75, 3.05) is 0 Å². The van der Waals surface area contributed by atoms with Gasteiger partial charge in [-0.15, -0.1) is 0 Å². The minimum absolute atomic E-state index is 0.0833. The standard InChI is InChI=1S/C19H32.C3H8.2C2H6/c1-3-7-18-14(5-1)9-11-16(18)13-17-12-10-15-6-2-4-8-19(15)17;1-3-2;2*1-2/h14-19H,1-13H2;3H2,1-2H3;2*1-2H3/i;3D;;. The maximum absolute atomic E-state index is 6.58. The molecule has 4 aliphatic rings. The van der Waals surface area contributed by atoms with Crippen LogP contribution in [0.3, 0.4) is 0 Å². The molecule has 0 spiro atoms. The Balaban J connectivity index is 0.000000400. The Hall–Kier alpha value is 0. The largest absolute Gasteiger partial charge is 0.0683 e. The first kappa shape index (κ1) is 22.3. The average molecular weight is 366 g/mol. The van der Waals surface area contributed by atoms with Gasteiger partial charge in [0.1, 0.15) is 0 Å². The summed E-state index contributed by atoms with van der Waals surface area (Å²) in [5.41, 5.74) is 0. The third kappa shape index (κ3) is 6.56. The number of fused-ring (bicyclic) bond motifs is 2. The van der Waals surface area contributed by atoms with E-state index < -0.39 is 0 Å². The smallest absolute Gasteiger partial charge is 0.0261 e. The molecule has 0 aromatic carbocycles. The van der Waals surface area contributed by atoms with Crippen molar-refractivity contribution in [3.63, 3.8) is 0 Å². The summed E-state index contributed by atoms with van der Waals surface area (Å²) in [6.45, 7) is 11.7. The van der Waals surface area contributed by atoms with Gasteiger partial charge in [0.2, 0.25) is 0 Å². The predicted octanol–water partition coefficient (Wildman–Crippen LogP) is 9.28. The highest BCUT2D eigenvalue weighted by molar-refractivity contribution is 4.93. The van der Waals surface area contributed by atoms with Gasteiger partial charge in [-0.1, -0.05) is 86.5 Å². The van der Waals surface area contributed by atoms with E-state index in [1.807, 2.05) is 41.5 Å². The second kappa shape index (κ2) is 14.1. The number of hydrogen-bond donors (Lipinski definition) is 0. The van der Waals surface area contributed by atoms with Gasteiger partial charge in [0, 0.05) is 1.37 Å². The molecule has 0 amide bonds. The fraction of sp³-hybridized carbons (Fsp3) is 1.00. The van der Waals surface area contributed by atoms with Crippen LogP contribution in [0.15, 0.2) is 0 Å². The Kier molecular flexibility index (Phi) is 12.1. The Morgan fingerprint density at radius 3 is 1.31 bits per heavy atom. The fourth-order valence-corrected chi connectivity index (χ4v) is 6.69. The molecule has 156 valence electrons. The van der Waals surface area contributed by atoms with Gasteiger partial charge in [0.05, 0.1) is 0 Å². The van der Waals surface area contributed by atoms with E-state index in [0.717, 1.165) is 35.5 Å². The van der Waals surface area contributed by atoms with Crippen molar-refractivity contribution in [3.8, 4) is 0 Å². The van der Waals surface area contributed by atoms with Gasteiger partial charge < -0.3 is 0 Å². The molecule has 4 fully saturated rings. The molecular weight excluding hydrogens is 312 g/mol. The van der Waals surface area contributed by atoms with E-state index in [2.05, 4.69) is 0 Å². The van der Waals surface area contributed by atoms with E-state index in [1.54, 1.807) is 83.5 Å². The van der Waals surface area contributed by atoms with E-state index in [9.17, 15) is 0 Å². The maximum atomic E-state index is 6.58. The molecule has 26 heavy (non-hydrogen) atoms. The molecule has 4 aliphatic carbocycles. The summed E-state index contributed by atoms with van der Waals surface area (Å²) < 4.78 is 6.58. The van der Waals surface area contributed by atoms with Crippen molar-refractivity contribution in [1.82, 2.24) is 0 Å². The number of rotatable bonds is 2. The van der Waals surface area contributed by atoms with Crippen molar-refractivity contribution >= 4 is 0 Å². The molecule has 0 heterocycles. The molecule has 6 atom stereocenters. The lowest BCUT2D eigenvalue weighted by Gasteiger charge is -2.34. The van der Waals surface area contributed by atoms with Crippen molar-refractivity contribution < 1.29 is 1.37 Å². The van der Waals surface area contributed by atoms with E-state index in [4.69, 9.17) is 1.37 Å². The molecular formula is C26H52. The van der Waals surface area contributed by atoms with Crippen LogP contribution in [0.5, 0.6) is 0 Å². The molecule has 0 heteroatoms. The summed E-state index contributed by atoms with van der Waals surface area (Å²) in [5, 5.41) is 0. The summed E-state index contributed by atoms with van der Waals surface area (Å²) in [7, 11) is 0. The minimum Gasteiger partial charge on any atom is -0.0683 e. The van der Waals surface area contributed by atoms with Crippen LogP contribution in [0.1, 0.15) is 133 Å². The minimum atomic E-state index is 0.0833. The quantitative estimate of drug-likeness (QED) is 0.457. The normalized spacial score (nSPS) is 38.3. The molecule has 0 saturated heterocycles. The van der Waals surface area contributed by atoms with Crippen LogP contribution < -0.4 is 0 Å². The van der Waals surface area contributed by atoms with Crippen LogP contribution in [0.25, 0.3) is 0 Å². The van der Waals surface area contributed by atoms with Crippen molar-refractivity contribution in [1.29, 1.82) is 0 Å². The Morgan fingerprint density at radius 2 is 0.923 bits per heavy atom. The zero-order chi connectivity index (χ0) is 20.2. The lowest BCUT2D eigenvalue weighted by atomic mass is 9.72. The molecule has 4 rings (SSSR count). The van der Waals surface area contributed by atoms with Crippen molar-refractivity contribution in [3.05, 3.63) is 0 Å². The molecule has 0 N–H and O–H groups in total. The molecule has 0 nitrogen and oxygen atoms in total. The van der Waals surface area contributed by atoms with Gasteiger partial charge >= 0.3 is 0 Å². The number of hydrogen-bond acceptors (Lipinski definition) is 0. The van der Waals surface area contributed by atoms with Crippen LogP contribution in [0.4, 0.5) is 0 Å². The van der Waals surface area contributed by atoms with E-state index >= 15 is 0 Å². The van der Waals surface area contributed by atoms with Crippen LogP contribution in [0.2, 0.25) is 0 Å². The van der Waals surface area contributed by atoms with E-state index in [1.165, 1.54) is 0 Å². The monoisotopic (exact) mass is 365 g/mol. The SMILES string of the molecule is C1CCC2C(C1)CCC2CC1CCC2CCCCC21.CC.CC.[2H]C(C)C. The van der Waals surface area contributed by atoms with Crippen LogP contribution in [0, 0.1) is 35.5 Å². The van der Waals surface area contributed by atoms with Gasteiger partial charge in [-0.25, -0.2) is 0 Å². The lowest BCUT2D eigenvalue weighted by molar-refractivity contribution is 0.164. The summed E-state index contributed by atoms with van der Waals surface area (Å²) in [5.74, 6) is 6.93. The molecule has 0 aromatic rings. The zero-order valence-electron chi connectivity index (χ0n) is 20.2. The Morgan fingerprint density at radius 1 is 0.577 bits per heavy atom.